The summed E-state index contributed by atoms with van der Waals surface area (Å²) in [4.78, 5) is 0. The van der Waals surface area contributed by atoms with Crippen molar-refractivity contribution < 1.29 is 4.74 Å². The van der Waals surface area contributed by atoms with Gasteiger partial charge in [0.15, 0.2) is 0 Å². The van der Waals surface area contributed by atoms with Gasteiger partial charge in [0.1, 0.15) is 11.6 Å². The Labute approximate surface area is 81.9 Å². The van der Waals surface area contributed by atoms with Gasteiger partial charge in [-0.3, -0.25) is 0 Å². The fourth-order valence-electron chi connectivity index (χ4n) is 1.18. The summed E-state index contributed by atoms with van der Waals surface area (Å²) in [6.45, 7) is 0. The second kappa shape index (κ2) is 3.41. The van der Waals surface area contributed by atoms with Crippen LogP contribution in [0.15, 0.2) is 36.4 Å². The van der Waals surface area contributed by atoms with Gasteiger partial charge in [0.2, 0.25) is 5.88 Å². The lowest BCUT2D eigenvalue weighted by molar-refractivity contribution is 0.431. The minimum atomic E-state index is 0.457. The highest BCUT2D eigenvalue weighted by Gasteiger charge is 2.03. The molecule has 1 heterocycles. The number of rotatable bonds is 2. The second-order valence-electron chi connectivity index (χ2n) is 2.95. The number of aromatic nitrogens is 2. The van der Waals surface area contributed by atoms with Crippen LogP contribution < -0.4 is 10.5 Å². The predicted molar refractivity (Wildman–Crippen MR) is 54.1 cm³/mol. The van der Waals surface area contributed by atoms with E-state index in [0.29, 0.717) is 11.7 Å². The van der Waals surface area contributed by atoms with E-state index in [1.54, 1.807) is 17.8 Å². The van der Waals surface area contributed by atoms with Crippen LogP contribution >= 0.6 is 0 Å². The van der Waals surface area contributed by atoms with Gasteiger partial charge in [-0.15, -0.1) is 0 Å². The summed E-state index contributed by atoms with van der Waals surface area (Å²) >= 11 is 0. The highest BCUT2D eigenvalue weighted by Crippen LogP contribution is 2.21. The van der Waals surface area contributed by atoms with Gasteiger partial charge in [0.05, 0.1) is 0 Å². The molecule has 0 aliphatic heterocycles. The highest BCUT2D eigenvalue weighted by atomic mass is 16.5. The molecule has 0 unspecified atom stereocenters. The lowest BCUT2D eigenvalue weighted by atomic mass is 10.3. The van der Waals surface area contributed by atoms with E-state index in [1.165, 1.54) is 0 Å². The SMILES string of the molecule is Cn1nc(N)cc1Oc1ccccc1. The first kappa shape index (κ1) is 8.62. The standard InChI is InChI=1S/C10H11N3O/c1-13-10(7-9(11)12-13)14-8-5-3-2-4-6-8/h2-7H,1H3,(H2,11,12). The maximum Gasteiger partial charge on any atom is 0.219 e. The minimum absolute atomic E-state index is 0.457. The van der Waals surface area contributed by atoms with Gasteiger partial charge < -0.3 is 10.5 Å². The Bertz CT molecular complexity index is 422. The van der Waals surface area contributed by atoms with Gasteiger partial charge in [-0.25, -0.2) is 4.68 Å². The summed E-state index contributed by atoms with van der Waals surface area (Å²) < 4.78 is 7.15. The average molecular weight is 189 g/mol. The zero-order chi connectivity index (χ0) is 9.97. The summed E-state index contributed by atoms with van der Waals surface area (Å²) in [7, 11) is 1.79. The third-order valence-corrected chi connectivity index (χ3v) is 1.82. The van der Waals surface area contributed by atoms with Gasteiger partial charge >= 0.3 is 0 Å². The quantitative estimate of drug-likeness (QED) is 0.783. The number of hydrogen-bond donors (Lipinski definition) is 1. The second-order valence-corrected chi connectivity index (χ2v) is 2.95. The molecular formula is C10H11N3O. The van der Waals surface area contributed by atoms with Crippen molar-refractivity contribution in [2.24, 2.45) is 7.05 Å². The van der Waals surface area contributed by atoms with Crippen LogP contribution in [0.3, 0.4) is 0 Å². The molecule has 4 heteroatoms. The van der Waals surface area contributed by atoms with Crippen molar-refractivity contribution in [3.8, 4) is 11.6 Å². The summed E-state index contributed by atoms with van der Waals surface area (Å²) in [5, 5.41) is 3.98. The molecule has 0 aliphatic carbocycles. The van der Waals surface area contributed by atoms with Crippen molar-refractivity contribution in [1.82, 2.24) is 9.78 Å². The highest BCUT2D eigenvalue weighted by molar-refractivity contribution is 5.35. The number of benzene rings is 1. The first-order valence-electron chi connectivity index (χ1n) is 4.28. The van der Waals surface area contributed by atoms with E-state index in [0.717, 1.165) is 5.75 Å². The smallest absolute Gasteiger partial charge is 0.219 e. The number of nitrogens with zero attached hydrogens (tertiary/aromatic N) is 2. The Kier molecular flexibility index (Phi) is 2.10. The molecule has 0 amide bonds. The van der Waals surface area contributed by atoms with Crippen molar-refractivity contribution in [2.45, 2.75) is 0 Å². The predicted octanol–water partition coefficient (Wildman–Crippen LogP) is 1.79. The number of nitrogens with two attached hydrogens (primary N) is 1. The maximum absolute atomic E-state index is 5.55. The molecular weight excluding hydrogens is 178 g/mol. The van der Waals surface area contributed by atoms with Crippen LogP contribution in [0.25, 0.3) is 0 Å². The Morgan fingerprint density at radius 2 is 2.00 bits per heavy atom. The minimum Gasteiger partial charge on any atom is -0.439 e. The molecule has 0 radical (unpaired) electrons. The summed E-state index contributed by atoms with van der Waals surface area (Å²) in [6, 6.07) is 11.2. The molecule has 0 saturated heterocycles. The molecule has 0 spiro atoms. The van der Waals surface area contributed by atoms with Crippen molar-refractivity contribution in [1.29, 1.82) is 0 Å². The number of anilines is 1. The average Bonchev–Trinajstić information content (AvgIpc) is 2.47. The van der Waals surface area contributed by atoms with Crippen molar-refractivity contribution in [2.75, 3.05) is 5.73 Å². The van der Waals surface area contributed by atoms with Gasteiger partial charge in [-0.05, 0) is 12.1 Å². The topological polar surface area (TPSA) is 53.1 Å². The molecule has 72 valence electrons. The third-order valence-electron chi connectivity index (χ3n) is 1.82. The normalized spacial score (nSPS) is 10.1. The maximum atomic E-state index is 5.55. The molecule has 0 atom stereocenters. The van der Waals surface area contributed by atoms with E-state index in [4.69, 9.17) is 10.5 Å². The molecule has 1 aromatic carbocycles. The van der Waals surface area contributed by atoms with Gasteiger partial charge in [-0.1, -0.05) is 18.2 Å². The molecule has 2 N–H and O–H groups in total. The number of aryl methyl sites for hydroxylation is 1. The van der Waals surface area contributed by atoms with Crippen LogP contribution in [-0.2, 0) is 7.05 Å². The van der Waals surface area contributed by atoms with E-state index in [1.807, 2.05) is 30.3 Å². The van der Waals surface area contributed by atoms with Gasteiger partial charge in [0, 0.05) is 13.1 Å². The molecule has 2 rings (SSSR count). The molecule has 0 saturated carbocycles. The molecule has 0 bridgehead atoms. The first-order chi connectivity index (χ1) is 6.75. The van der Waals surface area contributed by atoms with E-state index >= 15 is 0 Å². The van der Waals surface area contributed by atoms with Crippen molar-refractivity contribution >= 4 is 5.82 Å². The Hall–Kier alpha value is -1.97. The van der Waals surface area contributed by atoms with Crippen LogP contribution in [0.2, 0.25) is 0 Å². The van der Waals surface area contributed by atoms with Crippen LogP contribution in [0.5, 0.6) is 11.6 Å². The molecule has 1 aromatic heterocycles. The molecule has 2 aromatic rings. The summed E-state index contributed by atoms with van der Waals surface area (Å²) in [5.74, 6) is 1.86. The fraction of sp³-hybridized carbons (Fsp3) is 0.100. The van der Waals surface area contributed by atoms with E-state index in [9.17, 15) is 0 Å². The van der Waals surface area contributed by atoms with Crippen LogP contribution in [-0.4, -0.2) is 9.78 Å². The first-order valence-corrected chi connectivity index (χ1v) is 4.28. The third kappa shape index (κ3) is 1.69. The number of nitrogen functional groups attached to an aromatic ring is 1. The molecule has 4 nitrogen and oxygen atoms in total. The summed E-state index contributed by atoms with van der Waals surface area (Å²) in [6.07, 6.45) is 0. The number of hydrogen-bond acceptors (Lipinski definition) is 3. The monoisotopic (exact) mass is 189 g/mol. The van der Waals surface area contributed by atoms with Gasteiger partial charge in [-0.2, -0.15) is 5.10 Å². The van der Waals surface area contributed by atoms with E-state index < -0.39 is 0 Å². The number of ether oxygens (including phenoxy) is 1. The molecule has 14 heavy (non-hydrogen) atoms. The Morgan fingerprint density at radius 3 is 2.57 bits per heavy atom. The Balaban J connectivity index is 2.23. The molecule has 0 fully saturated rings. The lowest BCUT2D eigenvalue weighted by Gasteiger charge is -2.03. The number of para-hydroxylation sites is 1. The largest absolute Gasteiger partial charge is 0.439 e. The lowest BCUT2D eigenvalue weighted by Crippen LogP contribution is -1.95. The zero-order valence-electron chi connectivity index (χ0n) is 7.84. The fourth-order valence-corrected chi connectivity index (χ4v) is 1.18. The van der Waals surface area contributed by atoms with E-state index in [2.05, 4.69) is 5.10 Å². The van der Waals surface area contributed by atoms with Crippen molar-refractivity contribution in [3.63, 3.8) is 0 Å². The van der Waals surface area contributed by atoms with Crippen LogP contribution in [0.1, 0.15) is 0 Å². The summed E-state index contributed by atoms with van der Waals surface area (Å²) in [5.41, 5.74) is 5.52. The van der Waals surface area contributed by atoms with Crippen LogP contribution in [0.4, 0.5) is 5.82 Å². The van der Waals surface area contributed by atoms with E-state index in [-0.39, 0.29) is 0 Å². The molecule has 0 aliphatic rings. The van der Waals surface area contributed by atoms with Crippen LogP contribution in [0, 0.1) is 0 Å². The van der Waals surface area contributed by atoms with Crippen molar-refractivity contribution in [3.05, 3.63) is 36.4 Å². The zero-order valence-corrected chi connectivity index (χ0v) is 7.84. The van der Waals surface area contributed by atoms with Gasteiger partial charge in [0.25, 0.3) is 0 Å². The Morgan fingerprint density at radius 1 is 1.29 bits per heavy atom.